The summed E-state index contributed by atoms with van der Waals surface area (Å²) in [6.07, 6.45) is 0. The molecule has 0 aromatic heterocycles. The molecule has 0 fully saturated rings. The molecule has 1 aromatic carbocycles. The van der Waals surface area contributed by atoms with Crippen molar-refractivity contribution in [3.05, 3.63) is 23.8 Å². The number of Topliss-reactive ketones (excluding diaryl/α,β-unsaturated/α-hetero) is 1. The molecule has 1 aromatic rings. The lowest BCUT2D eigenvalue weighted by atomic mass is 10.1. The smallest absolute Gasteiger partial charge is 0.203 e. The molecule has 0 bridgehead atoms. The van der Waals surface area contributed by atoms with Crippen molar-refractivity contribution >= 4 is 5.78 Å². The number of hydrogen-bond acceptors (Lipinski definition) is 5. The number of rotatable bonds is 6. The van der Waals surface area contributed by atoms with E-state index in [1.165, 1.54) is 0 Å². The number of methoxy groups -OCH3 is 1. The van der Waals surface area contributed by atoms with Crippen LogP contribution >= 0.6 is 0 Å². The van der Waals surface area contributed by atoms with Gasteiger partial charge in [-0.1, -0.05) is 0 Å². The molecule has 0 saturated carbocycles. The highest BCUT2D eigenvalue weighted by Gasteiger charge is 2.21. The highest BCUT2D eigenvalue weighted by Crippen LogP contribution is 2.29. The molecular weight excluding hydrogens is 224 g/mol. The molecule has 0 spiro atoms. The van der Waals surface area contributed by atoms with E-state index < -0.39 is 0 Å². The third-order valence-corrected chi connectivity index (χ3v) is 2.35. The predicted molar refractivity (Wildman–Crippen MR) is 59.6 cm³/mol. The van der Waals surface area contributed by atoms with E-state index in [4.69, 9.17) is 18.9 Å². The topological polar surface area (TPSA) is 54.0 Å². The van der Waals surface area contributed by atoms with Gasteiger partial charge < -0.3 is 18.9 Å². The molecule has 0 amide bonds. The Hall–Kier alpha value is -1.59. The van der Waals surface area contributed by atoms with Gasteiger partial charge in [-0.25, -0.2) is 0 Å². The van der Waals surface area contributed by atoms with Gasteiger partial charge in [0, 0.05) is 13.2 Å². The second kappa shape index (κ2) is 5.65. The van der Waals surface area contributed by atoms with Crippen LogP contribution in [-0.4, -0.2) is 39.5 Å². The van der Waals surface area contributed by atoms with E-state index in [0.29, 0.717) is 30.3 Å². The van der Waals surface area contributed by atoms with Crippen LogP contribution in [0.3, 0.4) is 0 Å². The number of hydrogen-bond donors (Lipinski definition) is 0. The van der Waals surface area contributed by atoms with E-state index in [1.807, 2.05) is 0 Å². The van der Waals surface area contributed by atoms with Crippen LogP contribution in [0.4, 0.5) is 0 Å². The van der Waals surface area contributed by atoms with Crippen molar-refractivity contribution in [2.24, 2.45) is 0 Å². The molecule has 5 heteroatoms. The molecule has 0 atom stereocenters. The van der Waals surface area contributed by atoms with Gasteiger partial charge in [0.2, 0.25) is 5.78 Å². The van der Waals surface area contributed by atoms with E-state index in [1.54, 1.807) is 25.3 Å². The third kappa shape index (κ3) is 2.95. The lowest BCUT2D eigenvalue weighted by molar-refractivity contribution is -0.00853. The average Bonchev–Trinajstić information content (AvgIpc) is 2.71. The monoisotopic (exact) mass is 238 g/mol. The zero-order valence-corrected chi connectivity index (χ0v) is 9.60. The fourth-order valence-corrected chi connectivity index (χ4v) is 1.47. The summed E-state index contributed by atoms with van der Waals surface area (Å²) in [5.74, 6) is 1.20. The van der Waals surface area contributed by atoms with Gasteiger partial charge in [0.05, 0.1) is 18.8 Å². The first-order valence-corrected chi connectivity index (χ1v) is 5.31. The Morgan fingerprint density at radius 2 is 2.24 bits per heavy atom. The molecule has 0 radical (unpaired) electrons. The summed E-state index contributed by atoms with van der Waals surface area (Å²) < 4.78 is 20.5. The summed E-state index contributed by atoms with van der Waals surface area (Å²) in [5, 5.41) is 0. The van der Waals surface area contributed by atoms with Gasteiger partial charge >= 0.3 is 0 Å². The van der Waals surface area contributed by atoms with E-state index in [9.17, 15) is 4.79 Å². The van der Waals surface area contributed by atoms with E-state index in [2.05, 4.69) is 0 Å². The fraction of sp³-hybridized carbons (Fsp3) is 0.417. The van der Waals surface area contributed by atoms with Gasteiger partial charge in [0.15, 0.2) is 13.4 Å². The van der Waals surface area contributed by atoms with Gasteiger partial charge in [-0.05, 0) is 12.1 Å². The molecule has 1 aliphatic rings. The van der Waals surface area contributed by atoms with E-state index in [0.717, 1.165) is 0 Å². The van der Waals surface area contributed by atoms with Crippen LogP contribution in [0.25, 0.3) is 0 Å². The van der Waals surface area contributed by atoms with Crippen LogP contribution in [0.2, 0.25) is 0 Å². The maximum absolute atomic E-state index is 11.3. The predicted octanol–water partition coefficient (Wildman–Crippen LogP) is 1.26. The number of carbonyl (C=O) groups excluding carboxylic acids is 1. The normalized spacial score (nSPS) is 13.4. The van der Waals surface area contributed by atoms with Crippen molar-refractivity contribution in [2.45, 2.75) is 0 Å². The van der Waals surface area contributed by atoms with Gasteiger partial charge in [-0.3, -0.25) is 4.79 Å². The molecule has 92 valence electrons. The first kappa shape index (κ1) is 11.9. The summed E-state index contributed by atoms with van der Waals surface area (Å²) in [6.45, 7) is 1.28. The van der Waals surface area contributed by atoms with Crippen molar-refractivity contribution in [1.82, 2.24) is 0 Å². The SMILES string of the molecule is COCCOCOc1ccc2c(c1)OCC2=O. The van der Waals surface area contributed by atoms with Crippen molar-refractivity contribution < 1.29 is 23.7 Å². The minimum Gasteiger partial charge on any atom is -0.485 e. The molecule has 0 saturated heterocycles. The molecule has 5 nitrogen and oxygen atoms in total. The Morgan fingerprint density at radius 1 is 1.35 bits per heavy atom. The van der Waals surface area contributed by atoms with Crippen LogP contribution in [0.5, 0.6) is 11.5 Å². The summed E-state index contributed by atoms with van der Waals surface area (Å²) in [4.78, 5) is 11.3. The van der Waals surface area contributed by atoms with Crippen LogP contribution in [0.1, 0.15) is 10.4 Å². The second-order valence-corrected chi connectivity index (χ2v) is 3.53. The van der Waals surface area contributed by atoms with E-state index in [-0.39, 0.29) is 19.2 Å². The Labute approximate surface area is 99.2 Å². The first-order chi connectivity index (χ1) is 8.31. The molecular formula is C12H14O5. The first-order valence-electron chi connectivity index (χ1n) is 5.31. The zero-order chi connectivity index (χ0) is 12.1. The van der Waals surface area contributed by atoms with Crippen LogP contribution in [0.15, 0.2) is 18.2 Å². The summed E-state index contributed by atoms with van der Waals surface area (Å²) in [7, 11) is 1.61. The Kier molecular flexibility index (Phi) is 3.95. The Balaban J connectivity index is 1.84. The van der Waals surface area contributed by atoms with Gasteiger partial charge in [0.1, 0.15) is 11.5 Å². The lowest BCUT2D eigenvalue weighted by Crippen LogP contribution is -2.07. The lowest BCUT2D eigenvalue weighted by Gasteiger charge is -2.07. The maximum atomic E-state index is 11.3. The molecule has 17 heavy (non-hydrogen) atoms. The quantitative estimate of drug-likeness (QED) is 0.551. The summed E-state index contributed by atoms with van der Waals surface area (Å²) in [5.41, 5.74) is 0.609. The molecule has 1 aliphatic heterocycles. The Morgan fingerprint density at radius 3 is 3.06 bits per heavy atom. The number of fused-ring (bicyclic) bond motifs is 1. The van der Waals surface area contributed by atoms with E-state index >= 15 is 0 Å². The third-order valence-electron chi connectivity index (χ3n) is 2.35. The summed E-state index contributed by atoms with van der Waals surface area (Å²) in [6, 6.07) is 5.13. The van der Waals surface area contributed by atoms with Gasteiger partial charge in [0.25, 0.3) is 0 Å². The highest BCUT2D eigenvalue weighted by molar-refractivity contribution is 6.02. The van der Waals surface area contributed by atoms with Gasteiger partial charge in [-0.15, -0.1) is 0 Å². The standard InChI is InChI=1S/C12H14O5/c1-14-4-5-15-8-17-9-2-3-10-11(13)7-16-12(10)6-9/h2-3,6H,4-5,7-8H2,1H3. The zero-order valence-electron chi connectivity index (χ0n) is 9.60. The van der Waals surface area contributed by atoms with Crippen LogP contribution in [0, 0.1) is 0 Å². The fourth-order valence-electron chi connectivity index (χ4n) is 1.47. The maximum Gasteiger partial charge on any atom is 0.203 e. The summed E-state index contributed by atoms with van der Waals surface area (Å²) >= 11 is 0. The number of carbonyl (C=O) groups is 1. The average molecular weight is 238 g/mol. The minimum absolute atomic E-state index is 0.00268. The molecule has 0 unspecified atom stereocenters. The van der Waals surface area contributed by atoms with Crippen LogP contribution < -0.4 is 9.47 Å². The molecule has 0 aliphatic carbocycles. The van der Waals surface area contributed by atoms with Crippen molar-refractivity contribution in [2.75, 3.05) is 33.7 Å². The largest absolute Gasteiger partial charge is 0.485 e. The van der Waals surface area contributed by atoms with Crippen molar-refractivity contribution in [1.29, 1.82) is 0 Å². The molecule has 0 N–H and O–H groups in total. The second-order valence-electron chi connectivity index (χ2n) is 3.53. The highest BCUT2D eigenvalue weighted by atomic mass is 16.7. The van der Waals surface area contributed by atoms with Crippen molar-refractivity contribution in [3.63, 3.8) is 0 Å². The molecule has 2 rings (SSSR count). The molecule has 1 heterocycles. The minimum atomic E-state index is 0.00268. The number of ether oxygens (including phenoxy) is 4. The number of benzene rings is 1. The van der Waals surface area contributed by atoms with Crippen molar-refractivity contribution in [3.8, 4) is 11.5 Å². The van der Waals surface area contributed by atoms with Gasteiger partial charge in [-0.2, -0.15) is 0 Å². The number of ketones is 1. The van der Waals surface area contributed by atoms with Crippen LogP contribution in [-0.2, 0) is 9.47 Å². The Bertz CT molecular complexity index is 402.